The largest absolute Gasteiger partial charge is 0.0984 e. The molecule has 112 valence electrons. The summed E-state index contributed by atoms with van der Waals surface area (Å²) in [6, 6.07) is 28.5. The molecule has 5 rings (SSSR count). The molecule has 0 aromatic heterocycles. The molecular formula is C24H16. The average Bonchev–Trinajstić information content (AvgIpc) is 2.66. The number of benzene rings is 5. The molecule has 0 saturated carbocycles. The van der Waals surface area contributed by atoms with E-state index in [4.69, 9.17) is 0 Å². The molecule has 0 unspecified atom stereocenters. The molecular weight excluding hydrogens is 288 g/mol. The third kappa shape index (κ3) is 1.80. The molecule has 5 aromatic carbocycles. The standard InChI is InChI=1S/C24H16/c1-2-16-6-3-4-9-22(16)21-14-19-12-10-17-7-5-8-18-11-13-20(15-21)24(19)23(17)18/h2-15H,1H2. The molecule has 0 radical (unpaired) electrons. The van der Waals surface area contributed by atoms with Crippen LogP contribution in [-0.2, 0) is 0 Å². The molecule has 0 N–H and O–H groups in total. The van der Waals surface area contributed by atoms with Gasteiger partial charge in [-0.3, -0.25) is 0 Å². The van der Waals surface area contributed by atoms with Crippen molar-refractivity contribution in [2.75, 3.05) is 0 Å². The topological polar surface area (TPSA) is 0 Å². The first kappa shape index (κ1) is 13.3. The summed E-state index contributed by atoms with van der Waals surface area (Å²) >= 11 is 0. The Morgan fingerprint density at radius 3 is 1.83 bits per heavy atom. The Morgan fingerprint density at radius 2 is 1.17 bits per heavy atom. The lowest BCUT2D eigenvalue weighted by atomic mass is 9.90. The van der Waals surface area contributed by atoms with Crippen molar-refractivity contribution in [3.05, 3.63) is 91.0 Å². The van der Waals surface area contributed by atoms with Crippen LogP contribution in [0.25, 0.3) is 49.5 Å². The van der Waals surface area contributed by atoms with Crippen LogP contribution in [0, 0.1) is 0 Å². The maximum Gasteiger partial charge on any atom is -0.00264 e. The highest BCUT2D eigenvalue weighted by Gasteiger charge is 2.10. The molecule has 0 amide bonds. The van der Waals surface area contributed by atoms with Gasteiger partial charge in [-0.05, 0) is 61.1 Å². The zero-order valence-corrected chi connectivity index (χ0v) is 13.3. The van der Waals surface area contributed by atoms with Crippen LogP contribution in [0.4, 0.5) is 0 Å². The van der Waals surface area contributed by atoms with Gasteiger partial charge < -0.3 is 0 Å². The Kier molecular flexibility index (Phi) is 2.74. The van der Waals surface area contributed by atoms with E-state index in [9.17, 15) is 0 Å². The van der Waals surface area contributed by atoms with Crippen LogP contribution in [0.15, 0.2) is 85.4 Å². The van der Waals surface area contributed by atoms with Crippen LogP contribution in [0.3, 0.4) is 0 Å². The Labute approximate surface area is 141 Å². The van der Waals surface area contributed by atoms with Gasteiger partial charge in [0.05, 0.1) is 0 Å². The summed E-state index contributed by atoms with van der Waals surface area (Å²) in [5, 5.41) is 7.95. The van der Waals surface area contributed by atoms with Gasteiger partial charge >= 0.3 is 0 Å². The van der Waals surface area contributed by atoms with Crippen molar-refractivity contribution in [3.63, 3.8) is 0 Å². The number of hydrogen-bond donors (Lipinski definition) is 0. The molecule has 0 heteroatoms. The molecule has 0 aliphatic carbocycles. The zero-order chi connectivity index (χ0) is 16.1. The number of hydrogen-bond acceptors (Lipinski definition) is 0. The zero-order valence-electron chi connectivity index (χ0n) is 13.3. The van der Waals surface area contributed by atoms with Gasteiger partial charge in [-0.15, -0.1) is 0 Å². The minimum Gasteiger partial charge on any atom is -0.0984 e. The van der Waals surface area contributed by atoms with E-state index >= 15 is 0 Å². The molecule has 24 heavy (non-hydrogen) atoms. The molecule has 0 saturated heterocycles. The minimum atomic E-state index is 1.17. The van der Waals surface area contributed by atoms with Gasteiger partial charge in [0.15, 0.2) is 0 Å². The summed E-state index contributed by atoms with van der Waals surface area (Å²) in [5.74, 6) is 0. The fraction of sp³-hybridized carbons (Fsp3) is 0. The molecule has 0 spiro atoms. The van der Waals surface area contributed by atoms with Gasteiger partial charge in [0, 0.05) is 0 Å². The Hall–Kier alpha value is -3.12. The van der Waals surface area contributed by atoms with Crippen molar-refractivity contribution in [3.8, 4) is 11.1 Å². The van der Waals surface area contributed by atoms with Gasteiger partial charge in [-0.1, -0.05) is 79.4 Å². The quantitative estimate of drug-likeness (QED) is 0.311. The molecule has 0 fully saturated rings. The van der Waals surface area contributed by atoms with Crippen molar-refractivity contribution < 1.29 is 0 Å². The monoisotopic (exact) mass is 304 g/mol. The summed E-state index contributed by atoms with van der Waals surface area (Å²) in [7, 11) is 0. The fourth-order valence-electron chi connectivity index (χ4n) is 3.85. The van der Waals surface area contributed by atoms with Crippen molar-refractivity contribution in [1.82, 2.24) is 0 Å². The van der Waals surface area contributed by atoms with Crippen molar-refractivity contribution in [2.45, 2.75) is 0 Å². The third-order valence-electron chi connectivity index (χ3n) is 4.95. The Bertz CT molecular complexity index is 1150. The van der Waals surface area contributed by atoms with Crippen LogP contribution in [0.2, 0.25) is 0 Å². The van der Waals surface area contributed by atoms with Crippen LogP contribution in [0.1, 0.15) is 5.56 Å². The molecule has 0 bridgehead atoms. The lowest BCUT2D eigenvalue weighted by molar-refractivity contribution is 1.62. The minimum absolute atomic E-state index is 1.17. The fourth-order valence-corrected chi connectivity index (χ4v) is 3.85. The van der Waals surface area contributed by atoms with E-state index in [0.717, 1.165) is 0 Å². The average molecular weight is 304 g/mol. The summed E-state index contributed by atoms with van der Waals surface area (Å²) in [6.07, 6.45) is 1.93. The van der Waals surface area contributed by atoms with Crippen molar-refractivity contribution >= 4 is 38.4 Å². The lowest BCUT2D eigenvalue weighted by Crippen LogP contribution is -1.87. The van der Waals surface area contributed by atoms with Gasteiger partial charge in [-0.2, -0.15) is 0 Å². The summed E-state index contributed by atoms with van der Waals surface area (Å²) in [4.78, 5) is 0. The first-order valence-electron chi connectivity index (χ1n) is 8.24. The molecule has 0 atom stereocenters. The van der Waals surface area contributed by atoms with E-state index in [1.807, 2.05) is 6.08 Å². The second kappa shape index (κ2) is 4.94. The van der Waals surface area contributed by atoms with E-state index in [1.165, 1.54) is 49.0 Å². The Balaban J connectivity index is 1.92. The van der Waals surface area contributed by atoms with Gasteiger partial charge in [0.2, 0.25) is 0 Å². The number of rotatable bonds is 2. The second-order valence-corrected chi connectivity index (χ2v) is 6.30. The molecule has 0 aliphatic heterocycles. The normalized spacial score (nSPS) is 11.5. The highest BCUT2D eigenvalue weighted by atomic mass is 14.1. The first-order valence-corrected chi connectivity index (χ1v) is 8.24. The predicted molar refractivity (Wildman–Crippen MR) is 106 cm³/mol. The van der Waals surface area contributed by atoms with E-state index < -0.39 is 0 Å². The highest BCUT2D eigenvalue weighted by Crippen LogP contribution is 2.37. The van der Waals surface area contributed by atoms with E-state index in [2.05, 4.69) is 85.4 Å². The smallest absolute Gasteiger partial charge is 0.00264 e. The molecule has 5 aromatic rings. The van der Waals surface area contributed by atoms with Crippen molar-refractivity contribution in [2.24, 2.45) is 0 Å². The van der Waals surface area contributed by atoms with E-state index in [1.54, 1.807) is 0 Å². The summed E-state index contributed by atoms with van der Waals surface area (Å²) in [6.45, 7) is 3.96. The van der Waals surface area contributed by atoms with E-state index in [-0.39, 0.29) is 0 Å². The van der Waals surface area contributed by atoms with Crippen LogP contribution >= 0.6 is 0 Å². The summed E-state index contributed by atoms with van der Waals surface area (Å²) < 4.78 is 0. The maximum absolute atomic E-state index is 3.96. The summed E-state index contributed by atoms with van der Waals surface area (Å²) in [5.41, 5.74) is 3.65. The second-order valence-electron chi connectivity index (χ2n) is 6.30. The maximum atomic E-state index is 3.96. The predicted octanol–water partition coefficient (Wildman–Crippen LogP) is 6.89. The first-order chi connectivity index (χ1) is 11.8. The highest BCUT2D eigenvalue weighted by molar-refractivity contribution is 6.23. The van der Waals surface area contributed by atoms with Crippen molar-refractivity contribution in [1.29, 1.82) is 0 Å². The molecule has 0 heterocycles. The molecule has 0 aliphatic rings. The lowest BCUT2D eigenvalue weighted by Gasteiger charge is -2.13. The van der Waals surface area contributed by atoms with Crippen LogP contribution in [-0.4, -0.2) is 0 Å². The third-order valence-corrected chi connectivity index (χ3v) is 4.95. The van der Waals surface area contributed by atoms with E-state index in [0.29, 0.717) is 0 Å². The van der Waals surface area contributed by atoms with Gasteiger partial charge in [0.1, 0.15) is 0 Å². The molecule has 0 nitrogen and oxygen atoms in total. The van der Waals surface area contributed by atoms with Crippen LogP contribution in [0.5, 0.6) is 0 Å². The SMILES string of the molecule is C=Cc1ccccc1-c1cc2ccc3cccc4ccc(c1)c2c34. The van der Waals surface area contributed by atoms with Gasteiger partial charge in [-0.25, -0.2) is 0 Å². The Morgan fingerprint density at radius 1 is 0.583 bits per heavy atom. The van der Waals surface area contributed by atoms with Crippen LogP contribution < -0.4 is 0 Å². The van der Waals surface area contributed by atoms with Gasteiger partial charge in [0.25, 0.3) is 0 Å².